The lowest BCUT2D eigenvalue weighted by Gasteiger charge is -2.32. The second-order valence-corrected chi connectivity index (χ2v) is 12.6. The van der Waals surface area contributed by atoms with Crippen molar-refractivity contribution in [3.63, 3.8) is 0 Å². The highest BCUT2D eigenvalue weighted by atomic mass is 32.2. The number of carbonyl (C=O) groups is 1. The lowest BCUT2D eigenvalue weighted by molar-refractivity contribution is -0.140. The van der Waals surface area contributed by atoms with E-state index in [-0.39, 0.29) is 36.7 Å². The van der Waals surface area contributed by atoms with Crippen LogP contribution in [0, 0.1) is 0 Å². The number of rotatable bonds is 8. The highest BCUT2D eigenvalue weighted by Gasteiger charge is 2.39. The Labute approximate surface area is 207 Å². The van der Waals surface area contributed by atoms with Gasteiger partial charge in [0, 0.05) is 31.3 Å². The van der Waals surface area contributed by atoms with Crippen LogP contribution in [0.3, 0.4) is 0 Å². The molecule has 2 aromatic rings. The van der Waals surface area contributed by atoms with Crippen molar-refractivity contribution in [2.75, 3.05) is 25.1 Å². The fourth-order valence-electron chi connectivity index (χ4n) is 3.74. The van der Waals surface area contributed by atoms with Crippen LogP contribution in [-0.2, 0) is 30.8 Å². The number of sulfone groups is 1. The molecular formula is C22H25F3N2O5S3. The zero-order valence-electron chi connectivity index (χ0n) is 18.8. The van der Waals surface area contributed by atoms with Gasteiger partial charge in [0.1, 0.15) is 0 Å². The normalized spacial score (nSPS) is 15.8. The Morgan fingerprint density at radius 1 is 1.03 bits per heavy atom. The summed E-state index contributed by atoms with van der Waals surface area (Å²) in [5, 5.41) is 0. The first-order chi connectivity index (χ1) is 16.4. The molecule has 13 heteroatoms. The van der Waals surface area contributed by atoms with Gasteiger partial charge in [0.2, 0.25) is 25.8 Å². The van der Waals surface area contributed by atoms with E-state index in [1.807, 2.05) is 6.26 Å². The Morgan fingerprint density at radius 3 is 2.23 bits per heavy atom. The van der Waals surface area contributed by atoms with Crippen molar-refractivity contribution >= 4 is 37.5 Å². The minimum atomic E-state index is -5.02. The molecule has 0 bridgehead atoms. The van der Waals surface area contributed by atoms with Gasteiger partial charge in [-0.1, -0.05) is 18.2 Å². The molecule has 1 saturated heterocycles. The van der Waals surface area contributed by atoms with Crippen molar-refractivity contribution in [2.45, 2.75) is 46.2 Å². The van der Waals surface area contributed by atoms with Crippen LogP contribution in [-0.4, -0.2) is 58.8 Å². The quantitative estimate of drug-likeness (QED) is 0.540. The summed E-state index contributed by atoms with van der Waals surface area (Å²) in [4.78, 5) is 11.9. The predicted molar refractivity (Wildman–Crippen MR) is 126 cm³/mol. The third-order valence-corrected chi connectivity index (χ3v) is 9.54. The van der Waals surface area contributed by atoms with Crippen LogP contribution in [0.5, 0.6) is 0 Å². The second kappa shape index (κ2) is 10.9. The number of benzene rings is 2. The van der Waals surface area contributed by atoms with Crippen molar-refractivity contribution in [2.24, 2.45) is 0 Å². The lowest BCUT2D eigenvalue weighted by atomic mass is 10.1. The maximum Gasteiger partial charge on any atom is 0.417 e. The largest absolute Gasteiger partial charge is 0.417 e. The van der Waals surface area contributed by atoms with Crippen LogP contribution in [0.4, 0.5) is 13.2 Å². The summed E-state index contributed by atoms with van der Waals surface area (Å²) in [6, 6.07) is 8.10. The molecule has 1 aliphatic heterocycles. The van der Waals surface area contributed by atoms with E-state index in [0.29, 0.717) is 24.3 Å². The summed E-state index contributed by atoms with van der Waals surface area (Å²) in [7, 11) is -8.98. The van der Waals surface area contributed by atoms with Crippen LogP contribution in [0.2, 0.25) is 0 Å². The van der Waals surface area contributed by atoms with Crippen molar-refractivity contribution in [1.29, 1.82) is 0 Å². The first-order valence-electron chi connectivity index (χ1n) is 10.7. The first-order valence-corrected chi connectivity index (χ1v) is 15.0. The molecule has 0 radical (unpaired) electrons. The van der Waals surface area contributed by atoms with Crippen molar-refractivity contribution < 1.29 is 34.8 Å². The Balaban J connectivity index is 1.88. The molecule has 1 aliphatic rings. The number of thioether (sulfide) groups is 1. The average Bonchev–Trinajstić information content (AvgIpc) is 2.82. The van der Waals surface area contributed by atoms with Crippen molar-refractivity contribution in [1.82, 2.24) is 9.62 Å². The van der Waals surface area contributed by atoms with E-state index in [0.717, 1.165) is 6.07 Å². The topological polar surface area (TPSA) is 101 Å². The molecular weight excluding hydrogens is 525 g/mol. The molecule has 1 heterocycles. The summed E-state index contributed by atoms with van der Waals surface area (Å²) >= 11 is 1.53. The lowest BCUT2D eigenvalue weighted by Crippen LogP contribution is -2.46. The van der Waals surface area contributed by atoms with Gasteiger partial charge in [0.15, 0.2) is 0 Å². The number of amides is 1. The van der Waals surface area contributed by atoms with Crippen LogP contribution >= 0.6 is 11.8 Å². The molecule has 1 fully saturated rings. The van der Waals surface area contributed by atoms with Crippen LogP contribution < -0.4 is 4.72 Å². The number of hydrogen-bond donors (Lipinski definition) is 1. The van der Waals surface area contributed by atoms with E-state index in [4.69, 9.17) is 0 Å². The zero-order chi connectivity index (χ0) is 25.9. The maximum absolute atomic E-state index is 13.7. The van der Waals surface area contributed by atoms with Crippen molar-refractivity contribution in [3.8, 4) is 0 Å². The molecule has 0 unspecified atom stereocenters. The van der Waals surface area contributed by atoms with Crippen LogP contribution in [0.15, 0.2) is 63.2 Å². The molecule has 0 aliphatic carbocycles. The summed E-state index contributed by atoms with van der Waals surface area (Å²) in [6.07, 6.45) is -2.33. The number of sulfonamides is 1. The molecule has 2 aromatic carbocycles. The molecule has 1 amide bonds. The van der Waals surface area contributed by atoms with E-state index < -0.39 is 47.4 Å². The minimum Gasteiger partial charge on any atom is -0.343 e. The van der Waals surface area contributed by atoms with Gasteiger partial charge in [-0.25, -0.2) is 21.6 Å². The first kappa shape index (κ1) is 27.5. The van der Waals surface area contributed by atoms with E-state index in [9.17, 15) is 34.8 Å². The zero-order valence-corrected chi connectivity index (χ0v) is 21.2. The molecule has 7 nitrogen and oxygen atoms in total. The molecule has 35 heavy (non-hydrogen) atoms. The van der Waals surface area contributed by atoms with Gasteiger partial charge in [-0.3, -0.25) is 4.79 Å². The maximum atomic E-state index is 13.7. The van der Waals surface area contributed by atoms with E-state index in [1.54, 1.807) is 11.0 Å². The number of nitrogens with zero attached hydrogens (tertiary/aromatic N) is 1. The number of carbonyl (C=O) groups excluding carboxylic acids is 1. The van der Waals surface area contributed by atoms with Crippen molar-refractivity contribution in [3.05, 3.63) is 54.1 Å². The summed E-state index contributed by atoms with van der Waals surface area (Å²) in [6.45, 7) is 0.546. The third-order valence-electron chi connectivity index (χ3n) is 5.60. The predicted octanol–water partition coefficient (Wildman–Crippen LogP) is 3.56. The Kier molecular flexibility index (Phi) is 8.56. The Hall–Kier alpha value is -2.09. The van der Waals surface area contributed by atoms with Gasteiger partial charge in [-0.05, 0) is 49.4 Å². The molecule has 192 valence electrons. The highest BCUT2D eigenvalue weighted by molar-refractivity contribution is 7.98. The van der Waals surface area contributed by atoms with E-state index >= 15 is 0 Å². The SMILES string of the molecule is CSCCC(=O)N1CCC(NS(=O)(=O)c2cc(S(=O)(=O)c3ccccc3)ccc2C(F)(F)F)CC1. The molecule has 0 spiro atoms. The smallest absolute Gasteiger partial charge is 0.343 e. The second-order valence-electron chi connectivity index (χ2n) is 7.99. The van der Waals surface area contributed by atoms with Gasteiger partial charge in [-0.15, -0.1) is 0 Å². The van der Waals surface area contributed by atoms with Gasteiger partial charge < -0.3 is 4.90 Å². The number of hydrogen-bond acceptors (Lipinski definition) is 6. The van der Waals surface area contributed by atoms with E-state index in [2.05, 4.69) is 4.72 Å². The number of nitrogens with one attached hydrogen (secondary N) is 1. The number of likely N-dealkylation sites (tertiary alicyclic amines) is 1. The van der Waals surface area contributed by atoms with Crippen LogP contribution in [0.25, 0.3) is 0 Å². The molecule has 1 N–H and O–H groups in total. The number of piperidine rings is 1. The minimum absolute atomic E-state index is 0.0566. The molecule has 3 rings (SSSR count). The summed E-state index contributed by atoms with van der Waals surface area (Å²) in [5.41, 5.74) is -1.46. The fourth-order valence-corrected chi connectivity index (χ4v) is 7.06. The Bertz CT molecular complexity index is 1260. The molecule has 0 saturated carbocycles. The highest BCUT2D eigenvalue weighted by Crippen LogP contribution is 2.36. The average molecular weight is 551 g/mol. The van der Waals surface area contributed by atoms with Gasteiger partial charge >= 0.3 is 6.18 Å². The standard InChI is InChI=1S/C22H25F3N2O5S3/c1-33-14-11-21(28)27-12-9-16(10-13-27)26-35(31,32)20-15-18(7-8-19(20)22(23,24)25)34(29,30)17-5-3-2-4-6-17/h2-8,15-16,26H,9-14H2,1H3. The van der Waals surface area contributed by atoms with Gasteiger partial charge in [0.05, 0.1) is 20.2 Å². The van der Waals surface area contributed by atoms with Gasteiger partial charge in [0.25, 0.3) is 0 Å². The third kappa shape index (κ3) is 6.57. The van der Waals surface area contributed by atoms with Gasteiger partial charge in [-0.2, -0.15) is 24.9 Å². The summed E-state index contributed by atoms with van der Waals surface area (Å²) < 4.78 is 95.2. The van der Waals surface area contributed by atoms with E-state index in [1.165, 1.54) is 36.0 Å². The molecule has 0 aromatic heterocycles. The number of halogens is 3. The van der Waals surface area contributed by atoms with Crippen LogP contribution in [0.1, 0.15) is 24.8 Å². The number of alkyl halides is 3. The fraction of sp³-hybridized carbons (Fsp3) is 0.409. The monoisotopic (exact) mass is 550 g/mol. The Morgan fingerprint density at radius 2 is 1.66 bits per heavy atom. The molecule has 0 atom stereocenters. The summed E-state index contributed by atoms with van der Waals surface area (Å²) in [5.74, 6) is 0.604.